The number of fused-ring (bicyclic) bond motifs is 1. The third-order valence-electron chi connectivity index (χ3n) is 3.30. The number of ether oxygens (including phenoxy) is 1. The van der Waals surface area contributed by atoms with Crippen LogP contribution in [-0.4, -0.2) is 16.5 Å². The molecule has 2 heterocycles. The van der Waals surface area contributed by atoms with E-state index < -0.39 is 0 Å². The van der Waals surface area contributed by atoms with Crippen molar-refractivity contribution >= 4 is 11.5 Å². The average molecular weight is 271 g/mol. The van der Waals surface area contributed by atoms with Gasteiger partial charge in [0.2, 0.25) is 0 Å². The zero-order valence-corrected chi connectivity index (χ0v) is 11.2. The monoisotopic (exact) mass is 271 g/mol. The molecule has 0 amide bonds. The first-order valence-electron chi connectivity index (χ1n) is 6.19. The lowest BCUT2D eigenvalue weighted by Crippen LogP contribution is -1.95. The number of methoxy groups -OCH3 is 1. The van der Waals surface area contributed by atoms with Gasteiger partial charge < -0.3 is 10.5 Å². The number of anilines is 1. The number of imidazole rings is 1. The molecule has 0 fully saturated rings. The molecule has 20 heavy (non-hydrogen) atoms. The smallest absolute Gasteiger partial charge is 0.181 e. The van der Waals surface area contributed by atoms with E-state index in [9.17, 15) is 4.39 Å². The van der Waals surface area contributed by atoms with Gasteiger partial charge in [0.05, 0.1) is 7.11 Å². The molecule has 0 radical (unpaired) electrons. The number of benzene rings is 1. The Morgan fingerprint density at radius 2 is 2.10 bits per heavy atom. The molecule has 0 unspecified atom stereocenters. The van der Waals surface area contributed by atoms with E-state index in [1.807, 2.05) is 18.3 Å². The summed E-state index contributed by atoms with van der Waals surface area (Å²) in [6, 6.07) is 8.49. The molecule has 5 heteroatoms. The van der Waals surface area contributed by atoms with Gasteiger partial charge in [0, 0.05) is 11.8 Å². The summed E-state index contributed by atoms with van der Waals surface area (Å²) in [6.07, 6.45) is 1.82. The highest BCUT2D eigenvalue weighted by molar-refractivity contribution is 5.77. The van der Waals surface area contributed by atoms with Crippen molar-refractivity contribution in [2.45, 2.75) is 6.92 Å². The maximum Gasteiger partial charge on any atom is 0.181 e. The van der Waals surface area contributed by atoms with Gasteiger partial charge in [0.1, 0.15) is 17.3 Å². The minimum absolute atomic E-state index is 0.242. The Morgan fingerprint density at radius 1 is 1.30 bits per heavy atom. The van der Waals surface area contributed by atoms with E-state index in [-0.39, 0.29) is 5.82 Å². The topological polar surface area (TPSA) is 52.5 Å². The van der Waals surface area contributed by atoms with Crippen LogP contribution in [0, 0.1) is 12.7 Å². The summed E-state index contributed by atoms with van der Waals surface area (Å²) < 4.78 is 20.4. The van der Waals surface area contributed by atoms with Crippen molar-refractivity contribution in [2.75, 3.05) is 12.8 Å². The fourth-order valence-electron chi connectivity index (χ4n) is 2.22. The molecule has 3 aromatic rings. The van der Waals surface area contributed by atoms with E-state index in [1.165, 1.54) is 6.07 Å². The molecule has 1 aromatic carbocycles. The molecule has 0 aliphatic heterocycles. The van der Waals surface area contributed by atoms with E-state index in [0.29, 0.717) is 28.5 Å². The number of rotatable bonds is 2. The van der Waals surface area contributed by atoms with Gasteiger partial charge in [0.15, 0.2) is 11.4 Å². The Labute approximate surface area is 115 Å². The maximum atomic E-state index is 13.4. The van der Waals surface area contributed by atoms with Crippen LogP contribution in [0.2, 0.25) is 0 Å². The van der Waals surface area contributed by atoms with Gasteiger partial charge in [0.25, 0.3) is 0 Å². The number of halogens is 1. The Bertz CT molecular complexity index is 795. The summed E-state index contributed by atoms with van der Waals surface area (Å²) in [5.41, 5.74) is 8.75. The average Bonchev–Trinajstić information content (AvgIpc) is 2.79. The van der Waals surface area contributed by atoms with Gasteiger partial charge in [-0.05, 0) is 42.8 Å². The van der Waals surface area contributed by atoms with Crippen molar-refractivity contribution in [3.8, 4) is 17.0 Å². The molecule has 102 valence electrons. The summed E-state index contributed by atoms with van der Waals surface area (Å²) in [5, 5.41) is 0. The highest BCUT2D eigenvalue weighted by Crippen LogP contribution is 2.30. The standard InChI is InChI=1S/C15H14FN3O/c1-9-8-10(5-6-11(9)16)13-14(17)19-7-3-4-12(20-2)15(19)18-13/h3-8H,17H2,1-2H3. The summed E-state index contributed by atoms with van der Waals surface area (Å²) in [4.78, 5) is 4.51. The summed E-state index contributed by atoms with van der Waals surface area (Å²) in [6.45, 7) is 1.71. The van der Waals surface area contributed by atoms with Crippen LogP contribution in [0.4, 0.5) is 10.2 Å². The van der Waals surface area contributed by atoms with Gasteiger partial charge in [-0.25, -0.2) is 9.37 Å². The minimum atomic E-state index is -0.242. The fourth-order valence-corrected chi connectivity index (χ4v) is 2.22. The number of nitrogens with two attached hydrogens (primary N) is 1. The molecule has 2 aromatic heterocycles. The highest BCUT2D eigenvalue weighted by atomic mass is 19.1. The number of hydrogen-bond donors (Lipinski definition) is 1. The molecular weight excluding hydrogens is 257 g/mol. The molecule has 0 aliphatic rings. The van der Waals surface area contributed by atoms with E-state index in [0.717, 1.165) is 5.56 Å². The molecule has 0 atom stereocenters. The zero-order valence-electron chi connectivity index (χ0n) is 11.2. The van der Waals surface area contributed by atoms with Crippen LogP contribution in [0.15, 0.2) is 36.5 Å². The molecule has 0 saturated carbocycles. The largest absolute Gasteiger partial charge is 0.493 e. The van der Waals surface area contributed by atoms with Crippen molar-refractivity contribution in [1.29, 1.82) is 0 Å². The van der Waals surface area contributed by atoms with E-state index in [4.69, 9.17) is 10.5 Å². The van der Waals surface area contributed by atoms with Crippen molar-refractivity contribution in [2.24, 2.45) is 0 Å². The van der Waals surface area contributed by atoms with E-state index in [2.05, 4.69) is 4.98 Å². The molecule has 4 nitrogen and oxygen atoms in total. The van der Waals surface area contributed by atoms with Crippen LogP contribution >= 0.6 is 0 Å². The number of nitrogen functional groups attached to an aromatic ring is 1. The maximum absolute atomic E-state index is 13.4. The molecule has 0 aliphatic carbocycles. The predicted octanol–water partition coefficient (Wildman–Crippen LogP) is 3.04. The highest BCUT2D eigenvalue weighted by Gasteiger charge is 2.14. The Kier molecular flexibility index (Phi) is 2.82. The van der Waals surface area contributed by atoms with Gasteiger partial charge in [-0.15, -0.1) is 0 Å². The second kappa shape index (κ2) is 4.52. The lowest BCUT2D eigenvalue weighted by Gasteiger charge is -2.02. The SMILES string of the molecule is COc1cccn2c(N)c(-c3ccc(F)c(C)c3)nc12. The van der Waals surface area contributed by atoms with Gasteiger partial charge in [-0.1, -0.05) is 0 Å². The number of hydrogen-bond acceptors (Lipinski definition) is 3. The predicted molar refractivity (Wildman–Crippen MR) is 76.3 cm³/mol. The quantitative estimate of drug-likeness (QED) is 0.779. The third kappa shape index (κ3) is 1.79. The second-order valence-electron chi connectivity index (χ2n) is 4.58. The lowest BCUT2D eigenvalue weighted by molar-refractivity contribution is 0.417. The van der Waals surface area contributed by atoms with Crippen molar-refractivity contribution in [1.82, 2.24) is 9.38 Å². The van der Waals surface area contributed by atoms with Crippen molar-refractivity contribution < 1.29 is 9.13 Å². The van der Waals surface area contributed by atoms with E-state index >= 15 is 0 Å². The minimum Gasteiger partial charge on any atom is -0.493 e. The first kappa shape index (κ1) is 12.5. The van der Waals surface area contributed by atoms with Crippen molar-refractivity contribution in [3.05, 3.63) is 47.9 Å². The van der Waals surface area contributed by atoms with Gasteiger partial charge in [-0.2, -0.15) is 0 Å². The third-order valence-corrected chi connectivity index (χ3v) is 3.30. The summed E-state index contributed by atoms with van der Waals surface area (Å²) >= 11 is 0. The zero-order chi connectivity index (χ0) is 14.3. The first-order valence-corrected chi connectivity index (χ1v) is 6.19. The van der Waals surface area contributed by atoms with Gasteiger partial charge in [-0.3, -0.25) is 4.40 Å². The van der Waals surface area contributed by atoms with Crippen LogP contribution in [0.5, 0.6) is 5.75 Å². The second-order valence-corrected chi connectivity index (χ2v) is 4.58. The van der Waals surface area contributed by atoms with Crippen LogP contribution < -0.4 is 10.5 Å². The molecule has 0 spiro atoms. The Hall–Kier alpha value is -2.56. The number of aryl methyl sites for hydroxylation is 1. The lowest BCUT2D eigenvalue weighted by atomic mass is 10.1. The summed E-state index contributed by atoms with van der Waals surface area (Å²) in [7, 11) is 1.59. The molecule has 3 rings (SSSR count). The number of aromatic nitrogens is 2. The first-order chi connectivity index (χ1) is 9.61. The Balaban J connectivity index is 2.26. The number of nitrogens with zero attached hydrogens (tertiary/aromatic N) is 2. The fraction of sp³-hybridized carbons (Fsp3) is 0.133. The van der Waals surface area contributed by atoms with Crippen LogP contribution in [0.3, 0.4) is 0 Å². The normalized spacial score (nSPS) is 10.9. The molecule has 2 N–H and O–H groups in total. The van der Waals surface area contributed by atoms with Crippen LogP contribution in [0.1, 0.15) is 5.56 Å². The van der Waals surface area contributed by atoms with Gasteiger partial charge >= 0.3 is 0 Å². The summed E-state index contributed by atoms with van der Waals surface area (Å²) in [5.74, 6) is 0.905. The Morgan fingerprint density at radius 3 is 2.80 bits per heavy atom. The molecule has 0 saturated heterocycles. The molecular formula is C15H14FN3O. The van der Waals surface area contributed by atoms with E-state index in [1.54, 1.807) is 30.6 Å². The number of pyridine rings is 1. The van der Waals surface area contributed by atoms with Crippen LogP contribution in [0.25, 0.3) is 16.9 Å². The molecule has 0 bridgehead atoms. The van der Waals surface area contributed by atoms with Crippen LogP contribution in [-0.2, 0) is 0 Å². The van der Waals surface area contributed by atoms with Crippen molar-refractivity contribution in [3.63, 3.8) is 0 Å².